The van der Waals surface area contributed by atoms with Gasteiger partial charge in [0.25, 0.3) is 0 Å². The summed E-state index contributed by atoms with van der Waals surface area (Å²) in [5, 5.41) is 0.515. The van der Waals surface area contributed by atoms with Gasteiger partial charge in [-0.3, -0.25) is 4.57 Å². The van der Waals surface area contributed by atoms with Gasteiger partial charge >= 0.3 is 0 Å². The van der Waals surface area contributed by atoms with Crippen molar-refractivity contribution in [3.63, 3.8) is 0 Å². The molecule has 1 aliphatic carbocycles. The van der Waals surface area contributed by atoms with Crippen LogP contribution in [0.2, 0.25) is 5.15 Å². The molecule has 1 aliphatic rings. The predicted octanol–water partition coefficient (Wildman–Crippen LogP) is 3.08. The number of hydrogen-bond donors (Lipinski definition) is 1. The minimum Gasteiger partial charge on any atom is -0.329 e. The van der Waals surface area contributed by atoms with Crippen molar-refractivity contribution in [2.24, 2.45) is 0 Å². The van der Waals surface area contributed by atoms with Crippen LogP contribution in [0.1, 0.15) is 18.9 Å². The molecule has 1 N–H and O–H groups in total. The number of H-pyrrole nitrogens is 1. The normalized spacial score (nSPS) is 16.4. The minimum absolute atomic E-state index is 0.515. The topological polar surface area (TPSA) is 33.6 Å². The van der Waals surface area contributed by atoms with E-state index in [1.807, 2.05) is 6.07 Å². The van der Waals surface area contributed by atoms with Crippen molar-refractivity contribution in [3.8, 4) is 0 Å². The van der Waals surface area contributed by atoms with Gasteiger partial charge in [-0.2, -0.15) is 0 Å². The van der Waals surface area contributed by atoms with Gasteiger partial charge < -0.3 is 4.98 Å². The largest absolute Gasteiger partial charge is 0.329 e. The monoisotopic (exact) mass is 225 g/mol. The molecule has 5 heteroatoms. The second kappa shape index (κ2) is 2.81. The maximum absolute atomic E-state index is 5.85. The number of rotatable bonds is 1. The summed E-state index contributed by atoms with van der Waals surface area (Å²) in [6.07, 6.45) is 2.38. The van der Waals surface area contributed by atoms with Crippen LogP contribution in [0.3, 0.4) is 0 Å². The highest BCUT2D eigenvalue weighted by molar-refractivity contribution is 7.71. The van der Waals surface area contributed by atoms with Crippen LogP contribution in [-0.4, -0.2) is 14.5 Å². The average molecular weight is 226 g/mol. The Bertz CT molecular complexity index is 553. The van der Waals surface area contributed by atoms with Crippen LogP contribution in [0, 0.1) is 4.77 Å². The summed E-state index contributed by atoms with van der Waals surface area (Å²) < 4.78 is 2.81. The summed E-state index contributed by atoms with van der Waals surface area (Å²) in [5.74, 6) is 0. The third-order valence-corrected chi connectivity index (χ3v) is 2.95. The quantitative estimate of drug-likeness (QED) is 0.598. The predicted molar refractivity (Wildman–Crippen MR) is 58.2 cm³/mol. The summed E-state index contributed by atoms with van der Waals surface area (Å²) in [4.78, 5) is 7.42. The molecule has 0 spiro atoms. The number of aromatic amines is 1. The highest BCUT2D eigenvalue weighted by atomic mass is 35.5. The Kier molecular flexibility index (Phi) is 1.69. The molecule has 3 nitrogen and oxygen atoms in total. The van der Waals surface area contributed by atoms with Crippen molar-refractivity contribution in [1.82, 2.24) is 14.5 Å². The van der Waals surface area contributed by atoms with E-state index < -0.39 is 0 Å². The van der Waals surface area contributed by atoms with E-state index in [0.29, 0.717) is 11.2 Å². The maximum Gasteiger partial charge on any atom is 0.179 e. The fraction of sp³-hybridized carbons (Fsp3) is 0.333. The summed E-state index contributed by atoms with van der Waals surface area (Å²) in [6.45, 7) is 0. The molecule has 0 saturated heterocycles. The van der Waals surface area contributed by atoms with Crippen LogP contribution in [0.25, 0.3) is 11.2 Å². The van der Waals surface area contributed by atoms with E-state index in [1.54, 1.807) is 6.07 Å². The van der Waals surface area contributed by atoms with E-state index in [0.717, 1.165) is 15.9 Å². The number of pyridine rings is 1. The van der Waals surface area contributed by atoms with Gasteiger partial charge in [0.2, 0.25) is 0 Å². The van der Waals surface area contributed by atoms with Crippen LogP contribution in [0.4, 0.5) is 0 Å². The van der Waals surface area contributed by atoms with E-state index in [4.69, 9.17) is 23.8 Å². The Morgan fingerprint density at radius 2 is 2.29 bits per heavy atom. The lowest BCUT2D eigenvalue weighted by molar-refractivity contribution is 0.745. The van der Waals surface area contributed by atoms with Gasteiger partial charge in [0.15, 0.2) is 10.4 Å². The number of nitrogens with one attached hydrogen (secondary N) is 1. The molecule has 3 rings (SSSR count). The molecule has 2 heterocycles. The summed E-state index contributed by atoms with van der Waals surface area (Å²) in [5.41, 5.74) is 1.84. The maximum atomic E-state index is 5.85. The lowest BCUT2D eigenvalue weighted by Gasteiger charge is -1.99. The zero-order valence-corrected chi connectivity index (χ0v) is 8.90. The number of hydrogen-bond acceptors (Lipinski definition) is 2. The Hall–Kier alpha value is -0.870. The first-order valence-electron chi connectivity index (χ1n) is 4.52. The number of nitrogens with zero attached hydrogens (tertiary/aromatic N) is 2. The molecule has 0 aliphatic heterocycles. The molecular weight excluding hydrogens is 218 g/mol. The molecule has 0 aromatic carbocycles. The molecule has 2 aromatic rings. The van der Waals surface area contributed by atoms with Crippen LogP contribution in [0.15, 0.2) is 12.1 Å². The lowest BCUT2D eigenvalue weighted by atomic mass is 10.4. The van der Waals surface area contributed by atoms with Crippen molar-refractivity contribution in [3.05, 3.63) is 22.1 Å². The smallest absolute Gasteiger partial charge is 0.179 e. The Labute approximate surface area is 90.7 Å². The summed E-state index contributed by atoms with van der Waals surface area (Å²) in [7, 11) is 0. The minimum atomic E-state index is 0.515. The van der Waals surface area contributed by atoms with Crippen LogP contribution in [0.5, 0.6) is 0 Å². The van der Waals surface area contributed by atoms with Crippen LogP contribution < -0.4 is 0 Å². The lowest BCUT2D eigenvalue weighted by Crippen LogP contribution is -1.94. The number of imidazole rings is 1. The molecule has 14 heavy (non-hydrogen) atoms. The van der Waals surface area contributed by atoms with E-state index in [-0.39, 0.29) is 0 Å². The molecule has 1 fully saturated rings. The van der Waals surface area contributed by atoms with Gasteiger partial charge in [0.1, 0.15) is 5.15 Å². The highest BCUT2D eigenvalue weighted by Crippen LogP contribution is 2.37. The zero-order valence-electron chi connectivity index (χ0n) is 7.33. The summed E-state index contributed by atoms with van der Waals surface area (Å²) in [6, 6.07) is 4.22. The molecule has 1 saturated carbocycles. The fourth-order valence-electron chi connectivity index (χ4n) is 1.65. The Morgan fingerprint density at radius 1 is 1.50 bits per heavy atom. The number of aromatic nitrogens is 3. The molecule has 0 radical (unpaired) electrons. The first-order valence-corrected chi connectivity index (χ1v) is 5.31. The van der Waals surface area contributed by atoms with Gasteiger partial charge in [0.05, 0.1) is 5.52 Å². The molecular formula is C9H8ClN3S. The van der Waals surface area contributed by atoms with Crippen LogP contribution in [-0.2, 0) is 0 Å². The third-order valence-electron chi connectivity index (χ3n) is 2.44. The van der Waals surface area contributed by atoms with E-state index in [9.17, 15) is 0 Å². The Balaban J connectivity index is 2.39. The van der Waals surface area contributed by atoms with E-state index in [2.05, 4.69) is 14.5 Å². The summed E-state index contributed by atoms with van der Waals surface area (Å²) >= 11 is 11.1. The SMILES string of the molecule is S=c1[nH]c2ccc(Cl)nc2n1C1CC1. The Morgan fingerprint density at radius 3 is 3.00 bits per heavy atom. The van der Waals surface area contributed by atoms with Crippen molar-refractivity contribution >= 4 is 35.0 Å². The highest BCUT2D eigenvalue weighted by Gasteiger charge is 2.26. The zero-order chi connectivity index (χ0) is 9.71. The van der Waals surface area contributed by atoms with E-state index >= 15 is 0 Å². The van der Waals surface area contributed by atoms with Crippen molar-refractivity contribution in [1.29, 1.82) is 0 Å². The second-order valence-corrected chi connectivity index (χ2v) is 4.31. The van der Waals surface area contributed by atoms with E-state index in [1.165, 1.54) is 12.8 Å². The molecule has 2 aromatic heterocycles. The molecule has 0 unspecified atom stereocenters. The fourth-order valence-corrected chi connectivity index (χ4v) is 2.14. The van der Waals surface area contributed by atoms with Crippen molar-refractivity contribution < 1.29 is 0 Å². The van der Waals surface area contributed by atoms with Gasteiger partial charge in [-0.25, -0.2) is 4.98 Å². The van der Waals surface area contributed by atoms with Gasteiger partial charge in [0, 0.05) is 6.04 Å². The number of halogens is 1. The van der Waals surface area contributed by atoms with Crippen molar-refractivity contribution in [2.75, 3.05) is 0 Å². The van der Waals surface area contributed by atoms with Gasteiger partial charge in [-0.15, -0.1) is 0 Å². The third kappa shape index (κ3) is 1.18. The molecule has 72 valence electrons. The van der Waals surface area contributed by atoms with Crippen LogP contribution >= 0.6 is 23.8 Å². The number of fused-ring (bicyclic) bond motifs is 1. The van der Waals surface area contributed by atoms with Crippen molar-refractivity contribution in [2.45, 2.75) is 18.9 Å². The first kappa shape index (κ1) is 8.44. The average Bonchev–Trinajstić information content (AvgIpc) is 2.90. The van der Waals surface area contributed by atoms with Gasteiger partial charge in [-0.1, -0.05) is 11.6 Å². The molecule has 0 atom stereocenters. The second-order valence-electron chi connectivity index (χ2n) is 3.54. The standard InChI is InChI=1S/C9H8ClN3S/c10-7-4-3-6-8(12-7)13(5-1-2-5)9(14)11-6/h3-5H,1-2H2,(H,11,14). The first-order chi connectivity index (χ1) is 6.75. The molecule has 0 amide bonds. The molecule has 0 bridgehead atoms. The van der Waals surface area contributed by atoms with Gasteiger partial charge in [-0.05, 0) is 37.2 Å².